The van der Waals surface area contributed by atoms with E-state index >= 15 is 0 Å². The number of methoxy groups -OCH3 is 1. The predicted molar refractivity (Wildman–Crippen MR) is 132 cm³/mol. The van der Waals surface area contributed by atoms with Gasteiger partial charge in [0.15, 0.2) is 0 Å². The third-order valence-corrected chi connectivity index (χ3v) is 7.85. The zero-order chi connectivity index (χ0) is 24.5. The molecule has 1 aliphatic heterocycles. The number of aryl methyl sites for hydroxylation is 1. The van der Waals surface area contributed by atoms with Crippen LogP contribution in [0.25, 0.3) is 0 Å². The van der Waals surface area contributed by atoms with E-state index in [2.05, 4.69) is 9.82 Å². The third kappa shape index (κ3) is 4.92. The van der Waals surface area contributed by atoms with Crippen molar-refractivity contribution in [2.24, 2.45) is 5.10 Å². The second-order valence-corrected chi connectivity index (χ2v) is 11.6. The van der Waals surface area contributed by atoms with Crippen LogP contribution in [0.3, 0.4) is 0 Å². The van der Waals surface area contributed by atoms with E-state index in [-0.39, 0.29) is 4.90 Å². The molecule has 1 aliphatic rings. The molecule has 0 saturated carbocycles. The normalized spacial score (nSPS) is 16.3. The van der Waals surface area contributed by atoms with Crippen LogP contribution in [0, 0.1) is 6.92 Å². The molecule has 3 aromatic carbocycles. The minimum Gasteiger partial charge on any atom is -0.497 e. The van der Waals surface area contributed by atoms with Crippen LogP contribution >= 0.6 is 0 Å². The summed E-state index contributed by atoms with van der Waals surface area (Å²) in [5.74, 6) is 0.558. The van der Waals surface area contributed by atoms with E-state index in [9.17, 15) is 16.8 Å². The van der Waals surface area contributed by atoms with Crippen molar-refractivity contribution in [3.63, 3.8) is 0 Å². The zero-order valence-electron chi connectivity index (χ0n) is 19.0. The lowest BCUT2D eigenvalue weighted by atomic mass is 9.96. The number of sulfonamides is 2. The van der Waals surface area contributed by atoms with Crippen LogP contribution in [0.2, 0.25) is 0 Å². The Balaban J connectivity index is 1.74. The van der Waals surface area contributed by atoms with E-state index in [0.717, 1.165) is 17.4 Å². The van der Waals surface area contributed by atoms with E-state index in [0.29, 0.717) is 29.1 Å². The smallest absolute Gasteiger partial charge is 0.279 e. The number of rotatable bonds is 7. The van der Waals surface area contributed by atoms with Gasteiger partial charge < -0.3 is 4.74 Å². The molecular formula is C24H25N3O5S2. The van der Waals surface area contributed by atoms with Crippen LogP contribution in [0.1, 0.15) is 29.2 Å². The highest BCUT2D eigenvalue weighted by molar-refractivity contribution is 7.92. The summed E-state index contributed by atoms with van der Waals surface area (Å²) in [6, 6.07) is 20.0. The average molecular weight is 500 g/mol. The summed E-state index contributed by atoms with van der Waals surface area (Å²) in [4.78, 5) is 0.115. The van der Waals surface area contributed by atoms with Crippen LogP contribution in [-0.2, 0) is 20.0 Å². The second-order valence-electron chi connectivity index (χ2n) is 8.03. The molecule has 3 aromatic rings. The topological polar surface area (TPSA) is 105 Å². The molecule has 0 fully saturated rings. The van der Waals surface area contributed by atoms with Gasteiger partial charge in [0.1, 0.15) is 5.75 Å². The lowest BCUT2D eigenvalue weighted by Crippen LogP contribution is -2.27. The fourth-order valence-electron chi connectivity index (χ4n) is 3.88. The molecule has 0 bridgehead atoms. The number of hydrazone groups is 1. The van der Waals surface area contributed by atoms with Gasteiger partial charge in [-0.05, 0) is 60.0 Å². The van der Waals surface area contributed by atoms with E-state index in [1.165, 1.54) is 23.7 Å². The molecule has 1 N–H and O–H groups in total. The Morgan fingerprint density at radius 3 is 2.18 bits per heavy atom. The summed E-state index contributed by atoms with van der Waals surface area (Å²) in [6.07, 6.45) is 1.45. The Morgan fingerprint density at radius 2 is 1.59 bits per heavy atom. The van der Waals surface area contributed by atoms with Gasteiger partial charge in [0, 0.05) is 12.1 Å². The van der Waals surface area contributed by atoms with Gasteiger partial charge in [-0.25, -0.2) is 8.42 Å². The molecular weight excluding hydrogens is 474 g/mol. The summed E-state index contributed by atoms with van der Waals surface area (Å²) < 4.78 is 59.0. The number of benzene rings is 3. The fourth-order valence-corrected chi connectivity index (χ4v) is 5.87. The van der Waals surface area contributed by atoms with Gasteiger partial charge in [-0.15, -0.1) is 0 Å². The molecule has 178 valence electrons. The molecule has 0 amide bonds. The maximum absolute atomic E-state index is 13.6. The quantitative estimate of drug-likeness (QED) is 0.531. The third-order valence-electron chi connectivity index (χ3n) is 5.54. The van der Waals surface area contributed by atoms with Crippen LogP contribution < -0.4 is 9.46 Å². The van der Waals surface area contributed by atoms with E-state index < -0.39 is 26.1 Å². The Hall–Kier alpha value is -3.37. The molecule has 8 nitrogen and oxygen atoms in total. The minimum absolute atomic E-state index is 0.115. The van der Waals surface area contributed by atoms with Gasteiger partial charge >= 0.3 is 0 Å². The van der Waals surface area contributed by atoms with Gasteiger partial charge in [0.2, 0.25) is 10.0 Å². The summed E-state index contributed by atoms with van der Waals surface area (Å²) in [5, 5.41) is 4.54. The van der Waals surface area contributed by atoms with Crippen molar-refractivity contribution in [3.8, 4) is 5.75 Å². The first kappa shape index (κ1) is 23.8. The first-order valence-electron chi connectivity index (χ1n) is 10.5. The highest BCUT2D eigenvalue weighted by Gasteiger charge is 2.38. The number of nitrogens with one attached hydrogen (secondary N) is 1. The molecule has 0 spiro atoms. The number of anilines is 1. The molecule has 34 heavy (non-hydrogen) atoms. The molecule has 0 aromatic heterocycles. The lowest BCUT2D eigenvalue weighted by molar-refractivity contribution is 0.370. The van der Waals surface area contributed by atoms with E-state index in [4.69, 9.17) is 4.74 Å². The molecule has 0 unspecified atom stereocenters. The van der Waals surface area contributed by atoms with Crippen molar-refractivity contribution in [2.75, 3.05) is 18.1 Å². The Bertz CT molecular complexity index is 1430. The van der Waals surface area contributed by atoms with Gasteiger partial charge in [-0.3, -0.25) is 4.72 Å². The Kier molecular flexibility index (Phi) is 6.37. The van der Waals surface area contributed by atoms with Crippen molar-refractivity contribution in [1.82, 2.24) is 4.41 Å². The number of hydrogen-bond acceptors (Lipinski definition) is 6. The van der Waals surface area contributed by atoms with Crippen molar-refractivity contribution in [2.45, 2.75) is 24.3 Å². The van der Waals surface area contributed by atoms with Gasteiger partial charge in [-0.1, -0.05) is 36.4 Å². The van der Waals surface area contributed by atoms with Crippen molar-refractivity contribution >= 4 is 31.4 Å². The monoisotopic (exact) mass is 499 g/mol. The van der Waals surface area contributed by atoms with Crippen LogP contribution in [0.15, 0.2) is 82.8 Å². The lowest BCUT2D eigenvalue weighted by Gasteiger charge is -2.24. The molecule has 0 radical (unpaired) electrons. The first-order valence-corrected chi connectivity index (χ1v) is 13.8. The standard InChI is InChI=1S/C24H25N3O5S2/c1-17-6-4-5-7-22(17)24-16-23(18-8-10-19(11-9-18)26-33(3,28)29)25-27(24)34(30,31)21-14-12-20(32-2)13-15-21/h4-15,24,26H,16H2,1-3H3/t24-/m1/s1. The highest BCUT2D eigenvalue weighted by Crippen LogP contribution is 2.38. The van der Waals surface area contributed by atoms with Crippen molar-refractivity contribution < 1.29 is 21.6 Å². The fraction of sp³-hybridized carbons (Fsp3) is 0.208. The first-order chi connectivity index (χ1) is 16.1. The largest absolute Gasteiger partial charge is 0.497 e. The van der Waals surface area contributed by atoms with E-state index in [1.54, 1.807) is 36.4 Å². The van der Waals surface area contributed by atoms with Crippen LogP contribution in [0.5, 0.6) is 5.75 Å². The molecule has 1 heterocycles. The molecule has 0 aliphatic carbocycles. The number of hydrogen-bond donors (Lipinski definition) is 1. The van der Waals surface area contributed by atoms with Crippen LogP contribution in [0.4, 0.5) is 5.69 Å². The summed E-state index contributed by atoms with van der Waals surface area (Å²) in [5.41, 5.74) is 3.56. The molecule has 1 atom stereocenters. The minimum atomic E-state index is -3.95. The Labute approximate surface area is 200 Å². The van der Waals surface area contributed by atoms with Crippen molar-refractivity contribution in [3.05, 3.63) is 89.5 Å². The van der Waals surface area contributed by atoms with Gasteiger partial charge in [0.05, 0.1) is 30.0 Å². The maximum atomic E-state index is 13.6. The predicted octanol–water partition coefficient (Wildman–Crippen LogP) is 3.92. The summed E-state index contributed by atoms with van der Waals surface area (Å²) >= 11 is 0. The number of ether oxygens (including phenoxy) is 1. The SMILES string of the molecule is COc1ccc(S(=O)(=O)N2N=C(c3ccc(NS(C)(=O)=O)cc3)C[C@@H]2c2ccccc2C)cc1. The van der Waals surface area contributed by atoms with Crippen molar-refractivity contribution in [1.29, 1.82) is 0 Å². The highest BCUT2D eigenvalue weighted by atomic mass is 32.2. The van der Waals surface area contributed by atoms with Gasteiger partial charge in [0.25, 0.3) is 10.0 Å². The maximum Gasteiger partial charge on any atom is 0.279 e. The number of nitrogens with zero attached hydrogens (tertiary/aromatic N) is 2. The molecule has 4 rings (SSSR count). The average Bonchev–Trinajstić information content (AvgIpc) is 3.25. The summed E-state index contributed by atoms with van der Waals surface area (Å²) in [6.45, 7) is 1.94. The van der Waals surface area contributed by atoms with Gasteiger partial charge in [-0.2, -0.15) is 17.9 Å². The summed E-state index contributed by atoms with van der Waals surface area (Å²) in [7, 11) is -5.83. The van der Waals surface area contributed by atoms with Crippen LogP contribution in [-0.4, -0.2) is 40.3 Å². The molecule has 10 heteroatoms. The zero-order valence-corrected chi connectivity index (χ0v) is 20.6. The Morgan fingerprint density at radius 1 is 0.941 bits per heavy atom. The van der Waals surface area contributed by atoms with E-state index in [1.807, 2.05) is 31.2 Å². The molecule has 0 saturated heterocycles. The second kappa shape index (κ2) is 9.11.